The first-order valence-electron chi connectivity index (χ1n) is 7.60. The van der Waals surface area contributed by atoms with E-state index in [4.69, 9.17) is 11.6 Å². The fraction of sp³-hybridized carbons (Fsp3) is 0.222. The van der Waals surface area contributed by atoms with Gasteiger partial charge >= 0.3 is 0 Å². The van der Waals surface area contributed by atoms with Gasteiger partial charge in [-0.3, -0.25) is 4.79 Å². The predicted octanol–water partition coefficient (Wildman–Crippen LogP) is 2.35. The molecule has 0 aliphatic heterocycles. The Morgan fingerprint density at radius 2 is 2.00 bits per heavy atom. The number of hydrogen-bond acceptors (Lipinski definition) is 2. The quantitative estimate of drug-likeness (QED) is 0.772. The number of H-pyrrole nitrogens is 1. The van der Waals surface area contributed by atoms with Crippen molar-refractivity contribution in [3.63, 3.8) is 0 Å². The van der Waals surface area contributed by atoms with Crippen LogP contribution in [0.3, 0.4) is 0 Å². The van der Waals surface area contributed by atoms with Gasteiger partial charge in [-0.2, -0.15) is 0 Å². The minimum absolute atomic E-state index is 0.0614. The van der Waals surface area contributed by atoms with Gasteiger partial charge in [0.15, 0.2) is 5.82 Å². The molecule has 2 atom stereocenters. The van der Waals surface area contributed by atoms with Crippen LogP contribution in [0.15, 0.2) is 53.3 Å². The van der Waals surface area contributed by atoms with Gasteiger partial charge in [-0.05, 0) is 31.2 Å². The van der Waals surface area contributed by atoms with Crippen LogP contribution in [-0.4, -0.2) is 17.0 Å². The largest absolute Gasteiger partial charge is 0.325 e. The van der Waals surface area contributed by atoms with Crippen molar-refractivity contribution in [1.29, 1.82) is 0 Å². The highest BCUT2D eigenvalue weighted by Gasteiger charge is 2.19. The Hall–Kier alpha value is -2.17. The van der Waals surface area contributed by atoms with Gasteiger partial charge in [0.25, 0.3) is 5.56 Å². The Balaban J connectivity index is 1.87. The van der Waals surface area contributed by atoms with E-state index < -0.39 is 0 Å². The lowest BCUT2D eigenvalue weighted by Gasteiger charge is -2.21. The van der Waals surface area contributed by atoms with Crippen molar-refractivity contribution in [1.82, 2.24) is 9.97 Å². The molecule has 0 aliphatic rings. The summed E-state index contributed by atoms with van der Waals surface area (Å²) in [5.74, 6) is 0.702. The number of fused-ring (bicyclic) bond motifs is 1. The van der Waals surface area contributed by atoms with E-state index in [9.17, 15) is 4.79 Å². The number of nitrogens with one attached hydrogen (secondary N) is 2. The van der Waals surface area contributed by atoms with Crippen LogP contribution in [0.25, 0.3) is 10.9 Å². The van der Waals surface area contributed by atoms with Crippen LogP contribution in [0, 0.1) is 0 Å². The maximum Gasteiger partial charge on any atom is 0.258 e. The molecule has 1 aromatic heterocycles. The first-order chi connectivity index (χ1) is 11.0. The molecule has 0 amide bonds. The lowest BCUT2D eigenvalue weighted by atomic mass is 10.1. The van der Waals surface area contributed by atoms with E-state index in [1.165, 1.54) is 4.90 Å². The maximum absolute atomic E-state index is 12.2. The van der Waals surface area contributed by atoms with Crippen molar-refractivity contribution in [3.05, 3.63) is 75.3 Å². The molecule has 4 nitrogen and oxygen atoms in total. The zero-order valence-corrected chi connectivity index (χ0v) is 13.9. The molecule has 0 fully saturated rings. The number of hydrogen-bond donors (Lipinski definition) is 2. The SMILES string of the molecule is C[C@H](c1nc2ccccc2c(=O)[nH]1)[NH+](C)Cc1cccc(Cl)c1. The normalized spacial score (nSPS) is 13.9. The Bertz CT molecular complexity index is 891. The molecule has 118 valence electrons. The van der Waals surface area contributed by atoms with E-state index >= 15 is 0 Å². The molecule has 5 heteroatoms. The molecule has 2 aromatic carbocycles. The van der Waals surface area contributed by atoms with Gasteiger partial charge in [0, 0.05) is 10.6 Å². The molecule has 0 saturated carbocycles. The Morgan fingerprint density at radius 3 is 2.78 bits per heavy atom. The van der Waals surface area contributed by atoms with Crippen LogP contribution >= 0.6 is 11.6 Å². The van der Waals surface area contributed by atoms with Crippen LogP contribution in [-0.2, 0) is 6.54 Å². The zero-order valence-electron chi connectivity index (χ0n) is 13.1. The predicted molar refractivity (Wildman–Crippen MR) is 92.8 cm³/mol. The number of aromatic nitrogens is 2. The summed E-state index contributed by atoms with van der Waals surface area (Å²) in [4.78, 5) is 21.0. The summed E-state index contributed by atoms with van der Waals surface area (Å²) in [6.07, 6.45) is 0. The summed E-state index contributed by atoms with van der Waals surface area (Å²) in [6, 6.07) is 15.3. The van der Waals surface area contributed by atoms with Crippen molar-refractivity contribution in [2.24, 2.45) is 0 Å². The third-order valence-corrected chi connectivity index (χ3v) is 4.39. The average molecular weight is 329 g/mol. The van der Waals surface area contributed by atoms with Crippen molar-refractivity contribution in [3.8, 4) is 0 Å². The van der Waals surface area contributed by atoms with E-state index in [0.29, 0.717) is 11.2 Å². The monoisotopic (exact) mass is 328 g/mol. The second kappa shape index (κ2) is 6.52. The molecule has 0 radical (unpaired) electrons. The maximum atomic E-state index is 12.2. The summed E-state index contributed by atoms with van der Waals surface area (Å²) in [5.41, 5.74) is 1.80. The molecule has 1 unspecified atom stereocenters. The molecule has 0 spiro atoms. The smallest absolute Gasteiger partial charge is 0.258 e. The van der Waals surface area contributed by atoms with Gasteiger partial charge in [-0.25, -0.2) is 4.98 Å². The molecule has 0 bridgehead atoms. The highest BCUT2D eigenvalue weighted by molar-refractivity contribution is 6.30. The van der Waals surface area contributed by atoms with E-state index in [1.54, 1.807) is 6.07 Å². The number of nitrogens with zero attached hydrogens (tertiary/aromatic N) is 1. The van der Waals surface area contributed by atoms with E-state index in [1.807, 2.05) is 36.4 Å². The van der Waals surface area contributed by atoms with Crippen LogP contribution < -0.4 is 10.5 Å². The van der Waals surface area contributed by atoms with Crippen LogP contribution in [0.1, 0.15) is 24.4 Å². The number of para-hydroxylation sites is 1. The number of halogens is 1. The number of quaternary nitrogens is 1. The summed E-state index contributed by atoms with van der Waals surface area (Å²) in [6.45, 7) is 2.87. The average Bonchev–Trinajstić information content (AvgIpc) is 2.54. The summed E-state index contributed by atoms with van der Waals surface area (Å²) in [7, 11) is 2.08. The van der Waals surface area contributed by atoms with E-state index in [2.05, 4.69) is 30.0 Å². The molecular formula is C18H19ClN3O+. The van der Waals surface area contributed by atoms with E-state index in [-0.39, 0.29) is 11.6 Å². The minimum atomic E-state index is -0.0898. The number of rotatable bonds is 4. The Labute approximate surface area is 139 Å². The number of benzene rings is 2. The first-order valence-corrected chi connectivity index (χ1v) is 7.98. The highest BCUT2D eigenvalue weighted by atomic mass is 35.5. The van der Waals surface area contributed by atoms with Crippen molar-refractivity contribution in [2.45, 2.75) is 19.5 Å². The van der Waals surface area contributed by atoms with Crippen molar-refractivity contribution >= 4 is 22.5 Å². The second-order valence-electron chi connectivity index (χ2n) is 5.84. The van der Waals surface area contributed by atoms with Crippen LogP contribution in [0.4, 0.5) is 0 Å². The van der Waals surface area contributed by atoms with E-state index in [0.717, 1.165) is 22.6 Å². The molecule has 3 rings (SSSR count). The topological polar surface area (TPSA) is 50.2 Å². The Morgan fingerprint density at radius 1 is 1.22 bits per heavy atom. The van der Waals surface area contributed by atoms with Gasteiger partial charge in [0.05, 0.1) is 18.0 Å². The van der Waals surface area contributed by atoms with Crippen molar-refractivity contribution < 1.29 is 4.90 Å². The zero-order chi connectivity index (χ0) is 16.4. The summed E-state index contributed by atoms with van der Waals surface area (Å²) in [5, 5.41) is 1.36. The fourth-order valence-corrected chi connectivity index (χ4v) is 2.88. The van der Waals surface area contributed by atoms with Gasteiger partial charge in [-0.1, -0.05) is 35.9 Å². The standard InChI is InChI=1S/C18H18ClN3O/c1-12(22(2)11-13-6-5-7-14(19)10-13)17-20-16-9-4-3-8-15(16)18(23)21-17/h3-10,12H,11H2,1-2H3,(H,20,21,23)/p+1/t12-/m1/s1. The first kappa shape index (κ1) is 15.7. The molecule has 3 aromatic rings. The van der Waals surface area contributed by atoms with Crippen LogP contribution in [0.5, 0.6) is 0 Å². The fourth-order valence-electron chi connectivity index (χ4n) is 2.66. The minimum Gasteiger partial charge on any atom is -0.325 e. The van der Waals surface area contributed by atoms with Gasteiger partial charge in [0.2, 0.25) is 0 Å². The molecule has 0 saturated heterocycles. The third kappa shape index (κ3) is 3.44. The van der Waals surface area contributed by atoms with Crippen LogP contribution in [0.2, 0.25) is 5.02 Å². The summed E-state index contributed by atoms with van der Waals surface area (Å²) < 4.78 is 0. The number of aromatic amines is 1. The lowest BCUT2D eigenvalue weighted by Crippen LogP contribution is -3.07. The molecule has 23 heavy (non-hydrogen) atoms. The van der Waals surface area contributed by atoms with Crippen molar-refractivity contribution in [2.75, 3.05) is 7.05 Å². The molecular weight excluding hydrogens is 310 g/mol. The van der Waals surface area contributed by atoms with Gasteiger partial charge in [0.1, 0.15) is 12.6 Å². The van der Waals surface area contributed by atoms with Gasteiger partial charge in [-0.15, -0.1) is 0 Å². The lowest BCUT2D eigenvalue weighted by molar-refractivity contribution is -0.924. The third-order valence-electron chi connectivity index (χ3n) is 4.15. The highest BCUT2D eigenvalue weighted by Crippen LogP contribution is 2.11. The van der Waals surface area contributed by atoms with Gasteiger partial charge < -0.3 is 9.88 Å². The molecule has 1 heterocycles. The second-order valence-corrected chi connectivity index (χ2v) is 6.28. The molecule has 2 N–H and O–H groups in total. The summed E-state index contributed by atoms with van der Waals surface area (Å²) >= 11 is 6.04. The Kier molecular flexibility index (Phi) is 4.46. The molecule has 0 aliphatic carbocycles.